The number of hydrogen-bond donors (Lipinski definition) is 0. The van der Waals surface area contributed by atoms with Gasteiger partial charge in [-0.05, 0) is 50.4 Å². The molecule has 2 fully saturated rings. The lowest BCUT2D eigenvalue weighted by Crippen LogP contribution is -2.52. The summed E-state index contributed by atoms with van der Waals surface area (Å²) < 4.78 is 0. The normalized spacial score (nSPS) is 28.2. The van der Waals surface area contributed by atoms with Crippen LogP contribution in [0.15, 0.2) is 24.3 Å². The highest BCUT2D eigenvalue weighted by atomic mass is 35.5. The Morgan fingerprint density at radius 1 is 1.21 bits per heavy atom. The lowest BCUT2D eigenvalue weighted by molar-refractivity contribution is 0.102. The van der Waals surface area contributed by atoms with Crippen molar-refractivity contribution in [3.8, 4) is 0 Å². The van der Waals surface area contributed by atoms with E-state index in [0.29, 0.717) is 5.88 Å². The molecule has 1 aromatic carbocycles. The minimum Gasteiger partial charge on any atom is -0.371 e. The number of nitrogens with zero attached hydrogens (tertiary/aromatic N) is 2. The number of anilines is 1. The lowest BCUT2D eigenvalue weighted by Gasteiger charge is -2.47. The van der Waals surface area contributed by atoms with Gasteiger partial charge in [0.05, 0.1) is 0 Å². The molecule has 0 bridgehead atoms. The molecule has 2 heterocycles. The number of benzene rings is 1. The van der Waals surface area contributed by atoms with Crippen LogP contribution >= 0.6 is 11.6 Å². The fraction of sp³-hybridized carbons (Fsp3) is 0.625. The molecule has 0 spiro atoms. The van der Waals surface area contributed by atoms with E-state index in [2.05, 4.69) is 41.1 Å². The first-order valence-corrected chi connectivity index (χ1v) is 7.92. The Hall–Kier alpha value is -0.730. The summed E-state index contributed by atoms with van der Waals surface area (Å²) in [7, 11) is 2.29. The van der Waals surface area contributed by atoms with Gasteiger partial charge in [-0.3, -0.25) is 0 Å². The van der Waals surface area contributed by atoms with Crippen LogP contribution in [0.3, 0.4) is 0 Å². The van der Waals surface area contributed by atoms with Crippen LogP contribution < -0.4 is 4.90 Å². The van der Waals surface area contributed by atoms with E-state index >= 15 is 0 Å². The fourth-order valence-electron chi connectivity index (χ4n) is 3.80. The molecule has 1 aromatic rings. The molecule has 104 valence electrons. The van der Waals surface area contributed by atoms with Crippen molar-refractivity contribution in [3.05, 3.63) is 29.8 Å². The Morgan fingerprint density at radius 2 is 2.05 bits per heavy atom. The van der Waals surface area contributed by atoms with Crippen LogP contribution in [0, 0.1) is 5.92 Å². The largest absolute Gasteiger partial charge is 0.371 e. The Bertz CT molecular complexity index is 435. The van der Waals surface area contributed by atoms with E-state index in [0.717, 1.165) is 12.0 Å². The van der Waals surface area contributed by atoms with E-state index in [-0.39, 0.29) is 0 Å². The molecule has 0 N–H and O–H groups in total. The molecule has 2 aliphatic heterocycles. The molecule has 2 atom stereocenters. The van der Waals surface area contributed by atoms with Crippen LogP contribution in [0.25, 0.3) is 0 Å². The molecule has 2 unspecified atom stereocenters. The van der Waals surface area contributed by atoms with Crippen molar-refractivity contribution >= 4 is 17.3 Å². The van der Waals surface area contributed by atoms with Gasteiger partial charge in [0, 0.05) is 30.7 Å². The predicted octanol–water partition coefficient (Wildman–Crippen LogP) is 3.35. The van der Waals surface area contributed by atoms with Crippen molar-refractivity contribution in [1.82, 2.24) is 4.90 Å². The van der Waals surface area contributed by atoms with Gasteiger partial charge in [0.25, 0.3) is 0 Å². The summed E-state index contributed by atoms with van der Waals surface area (Å²) in [6, 6.07) is 9.40. The predicted molar refractivity (Wildman–Crippen MR) is 82.0 cm³/mol. The van der Waals surface area contributed by atoms with Crippen molar-refractivity contribution in [2.45, 2.75) is 31.2 Å². The van der Waals surface area contributed by atoms with Gasteiger partial charge in [-0.15, -0.1) is 11.6 Å². The van der Waals surface area contributed by atoms with Gasteiger partial charge < -0.3 is 9.80 Å². The number of para-hydroxylation sites is 1. The lowest BCUT2D eigenvalue weighted by atomic mass is 9.84. The number of halogens is 1. The maximum Gasteiger partial charge on any atom is 0.0494 e. The van der Waals surface area contributed by atoms with Crippen LogP contribution in [0.2, 0.25) is 0 Å². The summed E-state index contributed by atoms with van der Waals surface area (Å²) in [6.45, 7) is 3.64. The molecule has 0 saturated carbocycles. The van der Waals surface area contributed by atoms with Crippen LogP contribution in [-0.2, 0) is 5.88 Å². The maximum absolute atomic E-state index is 6.08. The molecule has 3 heteroatoms. The van der Waals surface area contributed by atoms with Gasteiger partial charge in [0.2, 0.25) is 0 Å². The van der Waals surface area contributed by atoms with Crippen molar-refractivity contribution in [2.75, 3.05) is 31.6 Å². The first kappa shape index (κ1) is 13.3. The third-order valence-corrected chi connectivity index (χ3v) is 5.11. The first-order valence-electron chi connectivity index (χ1n) is 7.38. The Labute approximate surface area is 121 Å². The first-order chi connectivity index (χ1) is 9.29. The standard InChI is InChI=1S/C16H23ClN2/c1-18-9-4-6-14-12-19(10-8-15(14)18)16-7-3-2-5-13(16)11-17/h2-3,5,7,14-15H,4,6,8-12H2,1H3. The molecule has 19 heavy (non-hydrogen) atoms. The Kier molecular flexibility index (Phi) is 3.99. The number of likely N-dealkylation sites (tertiary alicyclic amines) is 1. The zero-order valence-electron chi connectivity index (χ0n) is 11.7. The topological polar surface area (TPSA) is 6.48 Å². The SMILES string of the molecule is CN1CCCC2CN(c3ccccc3CCl)CCC21. The highest BCUT2D eigenvalue weighted by molar-refractivity contribution is 6.17. The highest BCUT2D eigenvalue weighted by Gasteiger charge is 2.34. The highest BCUT2D eigenvalue weighted by Crippen LogP contribution is 2.33. The molecular weight excluding hydrogens is 256 g/mol. The fourth-order valence-corrected chi connectivity index (χ4v) is 4.03. The Morgan fingerprint density at radius 3 is 2.89 bits per heavy atom. The van der Waals surface area contributed by atoms with E-state index in [1.54, 1.807) is 0 Å². The third kappa shape index (κ3) is 2.61. The van der Waals surface area contributed by atoms with Crippen molar-refractivity contribution in [2.24, 2.45) is 5.92 Å². The number of hydrogen-bond acceptors (Lipinski definition) is 2. The van der Waals surface area contributed by atoms with E-state index in [9.17, 15) is 0 Å². The van der Waals surface area contributed by atoms with Gasteiger partial charge in [-0.2, -0.15) is 0 Å². The summed E-state index contributed by atoms with van der Waals surface area (Å²) in [5, 5.41) is 0. The maximum atomic E-state index is 6.08. The molecule has 2 aliphatic rings. The molecule has 0 radical (unpaired) electrons. The smallest absolute Gasteiger partial charge is 0.0494 e. The van der Waals surface area contributed by atoms with Crippen LogP contribution in [0.5, 0.6) is 0 Å². The van der Waals surface area contributed by atoms with Crippen LogP contribution in [0.4, 0.5) is 5.69 Å². The molecule has 2 nitrogen and oxygen atoms in total. The second-order valence-electron chi connectivity index (χ2n) is 5.95. The zero-order chi connectivity index (χ0) is 13.2. The second kappa shape index (κ2) is 5.72. The number of piperidine rings is 2. The molecule has 0 amide bonds. The molecular formula is C16H23ClN2. The third-order valence-electron chi connectivity index (χ3n) is 4.82. The second-order valence-corrected chi connectivity index (χ2v) is 6.21. The summed E-state index contributed by atoms with van der Waals surface area (Å²) in [5.41, 5.74) is 2.62. The molecule has 3 rings (SSSR count). The van der Waals surface area contributed by atoms with E-state index in [1.807, 2.05) is 0 Å². The average Bonchev–Trinajstić information content (AvgIpc) is 2.47. The van der Waals surface area contributed by atoms with Gasteiger partial charge >= 0.3 is 0 Å². The number of alkyl halides is 1. The van der Waals surface area contributed by atoms with Gasteiger partial charge in [-0.25, -0.2) is 0 Å². The van der Waals surface area contributed by atoms with E-state index in [1.165, 1.54) is 50.1 Å². The molecule has 0 aliphatic carbocycles. The Balaban J connectivity index is 1.77. The quantitative estimate of drug-likeness (QED) is 0.766. The monoisotopic (exact) mass is 278 g/mol. The number of fused-ring (bicyclic) bond motifs is 1. The van der Waals surface area contributed by atoms with Crippen LogP contribution in [0.1, 0.15) is 24.8 Å². The summed E-state index contributed by atoms with van der Waals surface area (Å²) in [6.07, 6.45) is 4.02. The van der Waals surface area contributed by atoms with E-state index in [4.69, 9.17) is 11.6 Å². The van der Waals surface area contributed by atoms with Gasteiger partial charge in [0.1, 0.15) is 0 Å². The van der Waals surface area contributed by atoms with Gasteiger partial charge in [0.15, 0.2) is 0 Å². The van der Waals surface area contributed by atoms with Crippen molar-refractivity contribution in [1.29, 1.82) is 0 Å². The van der Waals surface area contributed by atoms with Gasteiger partial charge in [-0.1, -0.05) is 18.2 Å². The molecule has 0 aromatic heterocycles. The molecule has 2 saturated heterocycles. The summed E-state index contributed by atoms with van der Waals surface area (Å²) >= 11 is 6.08. The minimum absolute atomic E-state index is 0.612. The van der Waals surface area contributed by atoms with Crippen molar-refractivity contribution in [3.63, 3.8) is 0 Å². The minimum atomic E-state index is 0.612. The van der Waals surface area contributed by atoms with Crippen LogP contribution in [-0.4, -0.2) is 37.6 Å². The van der Waals surface area contributed by atoms with Crippen molar-refractivity contribution < 1.29 is 0 Å². The summed E-state index contributed by atoms with van der Waals surface area (Å²) in [4.78, 5) is 5.12. The summed E-state index contributed by atoms with van der Waals surface area (Å²) in [5.74, 6) is 1.44. The van der Waals surface area contributed by atoms with E-state index < -0.39 is 0 Å². The average molecular weight is 279 g/mol. The zero-order valence-corrected chi connectivity index (χ0v) is 12.4. The number of rotatable bonds is 2.